The number of halogens is 2. The molecule has 0 aliphatic carbocycles. The molecule has 0 aliphatic rings. The maximum atomic E-state index is 14.1. The van der Waals surface area contributed by atoms with Crippen LogP contribution in [-0.2, 0) is 0 Å². The van der Waals surface area contributed by atoms with Crippen molar-refractivity contribution in [2.75, 3.05) is 0 Å². The number of hydrogen-bond donors (Lipinski definition) is 2. The Labute approximate surface area is 158 Å². The SMILES string of the molecule is CC[C@H](NC(=O)O)c1nc2cccc(Cl)c2c(=O)n1-c1cncc(F)c1C. The van der Waals surface area contributed by atoms with E-state index in [1.807, 2.05) is 0 Å². The van der Waals surface area contributed by atoms with E-state index < -0.39 is 23.5 Å². The third-order valence-corrected chi connectivity index (χ3v) is 4.57. The van der Waals surface area contributed by atoms with E-state index in [9.17, 15) is 14.0 Å². The van der Waals surface area contributed by atoms with Gasteiger partial charge in [-0.1, -0.05) is 24.6 Å². The fourth-order valence-electron chi connectivity index (χ4n) is 2.89. The van der Waals surface area contributed by atoms with Gasteiger partial charge in [0.15, 0.2) is 0 Å². The molecule has 0 saturated heterocycles. The molecular weight excluding hydrogens is 375 g/mol. The first-order valence-corrected chi connectivity index (χ1v) is 8.54. The number of nitrogens with one attached hydrogen (secondary N) is 1. The van der Waals surface area contributed by atoms with Gasteiger partial charge in [-0.25, -0.2) is 14.2 Å². The molecule has 1 atom stereocenters. The fourth-order valence-corrected chi connectivity index (χ4v) is 3.14. The van der Waals surface area contributed by atoms with Crippen molar-refractivity contribution in [2.45, 2.75) is 26.3 Å². The first-order valence-electron chi connectivity index (χ1n) is 8.16. The third kappa shape index (κ3) is 3.35. The van der Waals surface area contributed by atoms with Gasteiger partial charge in [-0.3, -0.25) is 14.3 Å². The van der Waals surface area contributed by atoms with Crippen LogP contribution in [0.25, 0.3) is 16.6 Å². The molecule has 2 heterocycles. The zero-order chi connectivity index (χ0) is 19.7. The van der Waals surface area contributed by atoms with Gasteiger partial charge in [-0.2, -0.15) is 0 Å². The van der Waals surface area contributed by atoms with Crippen LogP contribution in [0, 0.1) is 12.7 Å². The Bertz CT molecular complexity index is 1100. The Kier molecular flexibility index (Phi) is 5.09. The van der Waals surface area contributed by atoms with Crippen LogP contribution in [0.15, 0.2) is 35.4 Å². The summed E-state index contributed by atoms with van der Waals surface area (Å²) in [6.45, 7) is 3.25. The van der Waals surface area contributed by atoms with Crippen molar-refractivity contribution >= 4 is 28.6 Å². The topological polar surface area (TPSA) is 97.1 Å². The average Bonchev–Trinajstić information content (AvgIpc) is 2.62. The fraction of sp³-hybridized carbons (Fsp3) is 0.222. The van der Waals surface area contributed by atoms with E-state index in [0.29, 0.717) is 11.9 Å². The Morgan fingerprint density at radius 3 is 2.81 bits per heavy atom. The zero-order valence-corrected chi connectivity index (χ0v) is 15.3. The molecule has 0 aliphatic heterocycles. The molecule has 1 amide bonds. The maximum Gasteiger partial charge on any atom is 0.405 e. The highest BCUT2D eigenvalue weighted by Crippen LogP contribution is 2.25. The molecular formula is C18H16ClFN4O3. The molecule has 3 aromatic rings. The summed E-state index contributed by atoms with van der Waals surface area (Å²) in [5.74, 6) is -0.459. The number of carbonyl (C=O) groups is 1. The molecule has 9 heteroatoms. The number of fused-ring (bicyclic) bond motifs is 1. The van der Waals surface area contributed by atoms with E-state index in [4.69, 9.17) is 16.7 Å². The zero-order valence-electron chi connectivity index (χ0n) is 14.5. The van der Waals surface area contributed by atoms with Crippen LogP contribution in [-0.4, -0.2) is 25.7 Å². The standard InChI is InChI=1S/C18H16ClFN4O3/c1-3-12(23-18(26)27)16-22-13-6-4-5-10(19)15(13)17(25)24(16)14-8-21-7-11(20)9(14)2/h4-8,12,23H,3H2,1-2H3,(H,26,27)/t12-/m0/s1. The molecule has 0 fully saturated rings. The molecule has 0 unspecified atom stereocenters. The van der Waals surface area contributed by atoms with Crippen molar-refractivity contribution in [3.05, 3.63) is 63.2 Å². The Morgan fingerprint density at radius 1 is 1.41 bits per heavy atom. The van der Waals surface area contributed by atoms with Crippen molar-refractivity contribution in [3.63, 3.8) is 0 Å². The normalized spacial score (nSPS) is 12.1. The van der Waals surface area contributed by atoms with Crippen LogP contribution in [0.3, 0.4) is 0 Å². The molecule has 0 bridgehead atoms. The van der Waals surface area contributed by atoms with E-state index in [1.165, 1.54) is 17.7 Å². The van der Waals surface area contributed by atoms with Crippen molar-refractivity contribution < 1.29 is 14.3 Å². The predicted molar refractivity (Wildman–Crippen MR) is 99.0 cm³/mol. The summed E-state index contributed by atoms with van der Waals surface area (Å²) in [7, 11) is 0. The highest BCUT2D eigenvalue weighted by molar-refractivity contribution is 6.35. The van der Waals surface area contributed by atoms with E-state index in [2.05, 4.69) is 15.3 Å². The van der Waals surface area contributed by atoms with Crippen molar-refractivity contribution in [1.29, 1.82) is 0 Å². The minimum Gasteiger partial charge on any atom is -0.465 e. The van der Waals surface area contributed by atoms with Crippen LogP contribution in [0.5, 0.6) is 0 Å². The molecule has 3 rings (SSSR count). The number of aromatic nitrogens is 3. The highest BCUT2D eigenvalue weighted by Gasteiger charge is 2.24. The summed E-state index contributed by atoms with van der Waals surface area (Å²) in [4.78, 5) is 32.7. The van der Waals surface area contributed by atoms with Crippen LogP contribution in [0.1, 0.15) is 30.8 Å². The van der Waals surface area contributed by atoms with Crippen molar-refractivity contribution in [3.8, 4) is 5.69 Å². The van der Waals surface area contributed by atoms with Crippen LogP contribution in [0.2, 0.25) is 5.02 Å². The van der Waals surface area contributed by atoms with E-state index >= 15 is 0 Å². The first kappa shape index (κ1) is 18.8. The lowest BCUT2D eigenvalue weighted by molar-refractivity contribution is 0.188. The first-order chi connectivity index (χ1) is 12.8. The number of nitrogens with zero attached hydrogens (tertiary/aromatic N) is 3. The molecule has 2 N–H and O–H groups in total. The third-order valence-electron chi connectivity index (χ3n) is 4.26. The number of amides is 1. The van der Waals surface area contributed by atoms with Crippen LogP contribution < -0.4 is 10.9 Å². The molecule has 0 spiro atoms. The van der Waals surface area contributed by atoms with Gasteiger partial charge in [0, 0.05) is 5.56 Å². The lowest BCUT2D eigenvalue weighted by atomic mass is 10.1. The Balaban J connectivity index is 2.44. The van der Waals surface area contributed by atoms with Crippen molar-refractivity contribution in [2.24, 2.45) is 0 Å². The summed E-state index contributed by atoms with van der Waals surface area (Å²) in [6.07, 6.45) is 1.44. The quantitative estimate of drug-likeness (QED) is 0.709. The molecule has 0 saturated carbocycles. The van der Waals surface area contributed by atoms with E-state index in [1.54, 1.807) is 25.1 Å². The van der Waals surface area contributed by atoms with E-state index in [-0.39, 0.29) is 27.5 Å². The lowest BCUT2D eigenvalue weighted by Gasteiger charge is -2.21. The predicted octanol–water partition coefficient (Wildman–Crippen LogP) is 3.60. The minimum atomic E-state index is -1.26. The second kappa shape index (κ2) is 7.32. The number of rotatable bonds is 4. The number of benzene rings is 1. The molecule has 7 nitrogen and oxygen atoms in total. The minimum absolute atomic E-state index is 0.134. The molecule has 140 valence electrons. The summed E-state index contributed by atoms with van der Waals surface area (Å²) in [5.41, 5.74) is 0.162. The summed E-state index contributed by atoms with van der Waals surface area (Å²) in [6, 6.07) is 4.02. The van der Waals surface area contributed by atoms with Gasteiger partial charge in [-0.15, -0.1) is 0 Å². The average molecular weight is 391 g/mol. The van der Waals surface area contributed by atoms with Crippen molar-refractivity contribution in [1.82, 2.24) is 19.9 Å². The van der Waals surface area contributed by atoms with E-state index in [0.717, 1.165) is 6.20 Å². The van der Waals surface area contributed by atoms with Gasteiger partial charge in [-0.05, 0) is 25.5 Å². The van der Waals surface area contributed by atoms with Gasteiger partial charge in [0.1, 0.15) is 11.6 Å². The van der Waals surface area contributed by atoms with Gasteiger partial charge in [0.2, 0.25) is 0 Å². The monoisotopic (exact) mass is 390 g/mol. The molecule has 2 aromatic heterocycles. The summed E-state index contributed by atoms with van der Waals surface area (Å²) < 4.78 is 15.3. The lowest BCUT2D eigenvalue weighted by Crippen LogP contribution is -2.34. The summed E-state index contributed by atoms with van der Waals surface area (Å²) >= 11 is 6.19. The van der Waals surface area contributed by atoms with Gasteiger partial charge in [0.05, 0.1) is 40.0 Å². The molecule has 0 radical (unpaired) electrons. The van der Waals surface area contributed by atoms with Crippen LogP contribution in [0.4, 0.5) is 9.18 Å². The molecule has 1 aromatic carbocycles. The Morgan fingerprint density at radius 2 is 2.15 bits per heavy atom. The second-order valence-electron chi connectivity index (χ2n) is 5.92. The maximum absolute atomic E-state index is 14.1. The Hall–Kier alpha value is -3.00. The second-order valence-corrected chi connectivity index (χ2v) is 6.33. The van der Waals surface area contributed by atoms with Crippen LogP contribution >= 0.6 is 11.6 Å². The van der Waals surface area contributed by atoms with Gasteiger partial charge in [0.25, 0.3) is 5.56 Å². The number of pyridine rings is 1. The number of carboxylic acid groups (broad SMARTS) is 1. The van der Waals surface area contributed by atoms with Gasteiger partial charge >= 0.3 is 6.09 Å². The molecule has 27 heavy (non-hydrogen) atoms. The highest BCUT2D eigenvalue weighted by atomic mass is 35.5. The smallest absolute Gasteiger partial charge is 0.405 e. The largest absolute Gasteiger partial charge is 0.465 e. The van der Waals surface area contributed by atoms with Gasteiger partial charge < -0.3 is 10.4 Å². The summed E-state index contributed by atoms with van der Waals surface area (Å²) in [5, 5.41) is 11.9. The number of hydrogen-bond acceptors (Lipinski definition) is 4.